The van der Waals surface area contributed by atoms with Crippen molar-refractivity contribution in [3.8, 4) is 11.3 Å². The molecule has 0 saturated carbocycles. The molecule has 36 heavy (non-hydrogen) atoms. The van der Waals surface area contributed by atoms with Crippen LogP contribution in [-0.4, -0.2) is 15.9 Å². The molecule has 1 N–H and O–H groups in total. The molecule has 0 unspecified atom stereocenters. The Morgan fingerprint density at radius 3 is 2.36 bits per heavy atom. The Kier molecular flexibility index (Phi) is 6.68. The molecular weight excluding hydrogens is 627 g/mol. The van der Waals surface area contributed by atoms with Crippen molar-refractivity contribution >= 4 is 38.6 Å². The minimum Gasteiger partial charge on any atom is -0.512 e. The zero-order valence-corrected chi connectivity index (χ0v) is 23.6. The molecule has 3 aromatic carbocycles. The average molecular weight is 655 g/mol. The van der Waals surface area contributed by atoms with Crippen molar-refractivity contribution in [1.82, 2.24) is 4.98 Å². The first-order valence-electron chi connectivity index (χ1n) is 11.8. The Labute approximate surface area is 224 Å². The molecule has 5 aromatic rings. The number of hydrogen-bond donors (Lipinski definition) is 1. The maximum Gasteiger partial charge on any atom is 0.155 e. The van der Waals surface area contributed by atoms with Gasteiger partial charge in [0.05, 0.1) is 16.9 Å². The topological polar surface area (TPSA) is 63.3 Å². The third-order valence-corrected chi connectivity index (χ3v) is 6.80. The summed E-state index contributed by atoms with van der Waals surface area (Å²) in [7, 11) is 0. The number of benzene rings is 3. The minimum atomic E-state index is -0.199. The maximum absolute atomic E-state index is 10.0. The molecule has 4 nitrogen and oxygen atoms in total. The summed E-state index contributed by atoms with van der Waals surface area (Å²) in [5.41, 5.74) is 9.65. The molecule has 2 aromatic heterocycles. The van der Waals surface area contributed by atoms with Gasteiger partial charge in [0.2, 0.25) is 0 Å². The molecule has 0 saturated heterocycles. The number of fused-ring (bicyclic) bond motifs is 3. The Bertz CT molecular complexity index is 1690. The predicted octanol–water partition coefficient (Wildman–Crippen LogP) is 7.89. The first-order chi connectivity index (χ1) is 16.6. The number of hydrogen-bond acceptors (Lipinski definition) is 4. The molecule has 0 aliphatic heterocycles. The molecule has 0 bridgehead atoms. The van der Waals surface area contributed by atoms with Crippen LogP contribution in [0.15, 0.2) is 64.8 Å². The summed E-state index contributed by atoms with van der Waals surface area (Å²) in [6.45, 7) is 11.7. The van der Waals surface area contributed by atoms with Crippen molar-refractivity contribution < 1.29 is 34.4 Å². The van der Waals surface area contributed by atoms with Crippen molar-refractivity contribution in [2.75, 3.05) is 0 Å². The number of para-hydroxylation sites is 1. The van der Waals surface area contributed by atoms with Gasteiger partial charge in [-0.1, -0.05) is 73.7 Å². The molecule has 0 amide bonds. The smallest absolute Gasteiger partial charge is 0.155 e. The van der Waals surface area contributed by atoms with Crippen LogP contribution in [0.5, 0.6) is 0 Å². The van der Waals surface area contributed by atoms with Crippen LogP contribution >= 0.6 is 0 Å². The second-order valence-electron chi connectivity index (χ2n) is 9.89. The summed E-state index contributed by atoms with van der Waals surface area (Å²) >= 11 is 0. The van der Waals surface area contributed by atoms with Crippen LogP contribution in [0.1, 0.15) is 49.9 Å². The van der Waals surface area contributed by atoms with E-state index in [1.807, 2.05) is 12.1 Å². The zero-order valence-electron chi connectivity index (χ0n) is 21.2. The van der Waals surface area contributed by atoms with E-state index in [0.29, 0.717) is 0 Å². The average Bonchev–Trinajstić information content (AvgIpc) is 3.17. The number of pyridine rings is 1. The van der Waals surface area contributed by atoms with Crippen molar-refractivity contribution in [3.05, 3.63) is 88.7 Å². The van der Waals surface area contributed by atoms with Gasteiger partial charge in [0.25, 0.3) is 0 Å². The molecule has 1 aliphatic carbocycles. The summed E-state index contributed by atoms with van der Waals surface area (Å²) in [6.07, 6.45) is 1.17. The minimum absolute atomic E-state index is 0. The van der Waals surface area contributed by atoms with Gasteiger partial charge in [0.1, 0.15) is 5.58 Å². The first kappa shape index (κ1) is 25.8. The van der Waals surface area contributed by atoms with E-state index in [0.717, 1.165) is 38.9 Å². The fourth-order valence-corrected chi connectivity index (χ4v) is 5.10. The van der Waals surface area contributed by atoms with E-state index < -0.39 is 0 Å². The number of furan rings is 1. The summed E-state index contributed by atoms with van der Waals surface area (Å²) in [6, 6.07) is 20.7. The molecule has 6 rings (SSSR count). The number of nitrogens with zero attached hydrogens (tertiary/aromatic N) is 1. The van der Waals surface area contributed by atoms with E-state index in [-0.39, 0.29) is 37.1 Å². The van der Waals surface area contributed by atoms with E-state index in [9.17, 15) is 4.79 Å². The second-order valence-corrected chi connectivity index (χ2v) is 9.89. The monoisotopic (exact) mass is 655 g/mol. The van der Waals surface area contributed by atoms with Gasteiger partial charge in [0, 0.05) is 31.6 Å². The van der Waals surface area contributed by atoms with Gasteiger partial charge < -0.3 is 9.52 Å². The molecule has 1 aliphatic rings. The number of carbonyl (C=O) groups excluding carboxylic acids is 1. The zero-order chi connectivity index (χ0) is 25.1. The summed E-state index contributed by atoms with van der Waals surface area (Å²) in [4.78, 5) is 15.1. The number of aliphatic hydroxyl groups is 1. The van der Waals surface area contributed by atoms with Crippen molar-refractivity contribution in [3.63, 3.8) is 0 Å². The Morgan fingerprint density at radius 2 is 1.69 bits per heavy atom. The Balaban J connectivity index is 0.000000338. The molecule has 0 atom stereocenters. The maximum atomic E-state index is 10.0. The number of aromatic nitrogens is 1. The standard InChI is InChI=1S/C26H20NO.C5H8O2.Ir/c1-14-9-11-17-21-22-18(12-10-15(2)25(22)28-24(14)21)26(3,4)19-13-16-7-5-6-8-20(16)27-23(17)19;1-4(6)3-5(2)7;/h5-10,12-13H,1-4H3;3,6H,1-2H3;/q-1;;/b;4-3-;. The first-order valence-corrected chi connectivity index (χ1v) is 11.8. The summed E-state index contributed by atoms with van der Waals surface area (Å²) < 4.78 is 6.42. The number of allylic oxidation sites excluding steroid dienone is 2. The van der Waals surface area contributed by atoms with Crippen LogP contribution < -0.4 is 0 Å². The van der Waals surface area contributed by atoms with Gasteiger partial charge in [0.15, 0.2) is 5.78 Å². The third-order valence-electron chi connectivity index (χ3n) is 6.80. The number of carbonyl (C=O) groups is 1. The quantitative estimate of drug-likeness (QED) is 0.113. The van der Waals surface area contributed by atoms with Crippen molar-refractivity contribution in [2.24, 2.45) is 0 Å². The second kappa shape index (κ2) is 9.31. The molecule has 0 fully saturated rings. The van der Waals surface area contributed by atoms with E-state index in [2.05, 4.69) is 70.2 Å². The van der Waals surface area contributed by atoms with Gasteiger partial charge in [-0.05, 0) is 54.4 Å². The van der Waals surface area contributed by atoms with E-state index >= 15 is 0 Å². The van der Waals surface area contributed by atoms with Gasteiger partial charge in [-0.25, -0.2) is 0 Å². The summed E-state index contributed by atoms with van der Waals surface area (Å²) in [5, 5.41) is 11.9. The fourth-order valence-electron chi connectivity index (χ4n) is 5.10. The Morgan fingerprint density at radius 1 is 1.00 bits per heavy atom. The largest absolute Gasteiger partial charge is 0.512 e. The molecule has 2 heterocycles. The number of ketones is 1. The van der Waals surface area contributed by atoms with Crippen LogP contribution in [-0.2, 0) is 30.3 Å². The molecule has 5 heteroatoms. The molecule has 185 valence electrons. The van der Waals surface area contributed by atoms with Crippen LogP contribution in [0, 0.1) is 19.9 Å². The van der Waals surface area contributed by atoms with Gasteiger partial charge in [-0.15, -0.1) is 17.7 Å². The van der Waals surface area contributed by atoms with Crippen LogP contribution in [0.2, 0.25) is 0 Å². The van der Waals surface area contributed by atoms with Crippen LogP contribution in [0.25, 0.3) is 44.1 Å². The normalized spacial score (nSPS) is 13.7. The predicted molar refractivity (Wildman–Crippen MR) is 142 cm³/mol. The van der Waals surface area contributed by atoms with Gasteiger partial charge in [-0.2, -0.15) is 0 Å². The van der Waals surface area contributed by atoms with Gasteiger partial charge >= 0.3 is 0 Å². The van der Waals surface area contributed by atoms with E-state index in [1.54, 1.807) is 0 Å². The SMILES string of the molecule is CC(=O)/C=C(/C)O.Cc1c[c-]c2c3c1oc1c(C)ccc(c13)C(C)(C)c1cc3ccccc3nc1-2.[Ir]. The summed E-state index contributed by atoms with van der Waals surface area (Å²) in [5.74, 6) is -0.0625. The molecule has 1 radical (unpaired) electrons. The number of aryl methyl sites for hydroxylation is 2. The van der Waals surface area contributed by atoms with E-state index in [4.69, 9.17) is 14.5 Å². The van der Waals surface area contributed by atoms with Crippen LogP contribution in [0.3, 0.4) is 0 Å². The van der Waals surface area contributed by atoms with Gasteiger partial charge in [-0.3, -0.25) is 9.78 Å². The molecular formula is C31H28IrNO3-. The molecule has 0 spiro atoms. The van der Waals surface area contributed by atoms with Crippen LogP contribution in [0.4, 0.5) is 0 Å². The van der Waals surface area contributed by atoms with Crippen molar-refractivity contribution in [1.29, 1.82) is 0 Å². The Hall–Kier alpha value is -3.27. The third kappa shape index (κ3) is 4.07. The van der Waals surface area contributed by atoms with E-state index in [1.165, 1.54) is 47.4 Å². The number of aliphatic hydroxyl groups excluding tert-OH is 1. The van der Waals surface area contributed by atoms with Crippen molar-refractivity contribution in [2.45, 2.75) is 47.0 Å². The fraction of sp³-hybridized carbons (Fsp3) is 0.226. The number of rotatable bonds is 1.